The Morgan fingerprint density at radius 2 is 1.95 bits per heavy atom. The van der Waals surface area contributed by atoms with Gasteiger partial charge in [-0.3, -0.25) is 10.1 Å². The number of nitrogens with two attached hydrogens (primary N) is 1. The van der Waals surface area contributed by atoms with Gasteiger partial charge < -0.3 is 10.2 Å². The summed E-state index contributed by atoms with van der Waals surface area (Å²) in [5.41, 5.74) is 6.81. The zero-order valence-corrected chi connectivity index (χ0v) is 12.3. The van der Waals surface area contributed by atoms with Gasteiger partial charge in [0.2, 0.25) is 11.8 Å². The molecule has 0 saturated heterocycles. The molecule has 2 rings (SSSR count). The number of carbonyl (C=O) groups is 2. The molecule has 1 atom stereocenters. The van der Waals surface area contributed by atoms with Gasteiger partial charge in [0.05, 0.1) is 5.25 Å². The van der Waals surface area contributed by atoms with Crippen LogP contribution >= 0.6 is 11.8 Å². The van der Waals surface area contributed by atoms with E-state index in [1.54, 1.807) is 6.92 Å². The van der Waals surface area contributed by atoms with E-state index < -0.39 is 17.2 Å². The maximum Gasteiger partial charge on any atom is 0.318 e. The molecule has 8 heteroatoms. The predicted molar refractivity (Wildman–Crippen MR) is 77.5 cm³/mol. The van der Waals surface area contributed by atoms with Gasteiger partial charge in [0.25, 0.3) is 5.22 Å². The van der Waals surface area contributed by atoms with Crippen molar-refractivity contribution in [1.29, 1.82) is 0 Å². The molecule has 0 aliphatic carbocycles. The van der Waals surface area contributed by atoms with Crippen molar-refractivity contribution in [3.05, 3.63) is 29.8 Å². The fourth-order valence-electron chi connectivity index (χ4n) is 1.50. The van der Waals surface area contributed by atoms with Gasteiger partial charge in [-0.05, 0) is 26.0 Å². The highest BCUT2D eigenvalue weighted by Crippen LogP contribution is 2.26. The van der Waals surface area contributed by atoms with Crippen LogP contribution < -0.4 is 11.1 Å². The van der Waals surface area contributed by atoms with Crippen molar-refractivity contribution in [3.63, 3.8) is 0 Å². The molecule has 21 heavy (non-hydrogen) atoms. The molecule has 2 aromatic rings. The van der Waals surface area contributed by atoms with Crippen LogP contribution in [0.15, 0.2) is 33.9 Å². The lowest BCUT2D eigenvalue weighted by Crippen LogP contribution is -2.39. The summed E-state index contributed by atoms with van der Waals surface area (Å²) in [6.45, 7) is 3.59. The normalized spacial score (nSPS) is 11.9. The number of rotatable bonds is 4. The second-order valence-electron chi connectivity index (χ2n) is 4.35. The van der Waals surface area contributed by atoms with E-state index in [0.717, 1.165) is 22.9 Å². The van der Waals surface area contributed by atoms with E-state index in [4.69, 9.17) is 10.2 Å². The quantitative estimate of drug-likeness (QED) is 0.832. The van der Waals surface area contributed by atoms with Crippen LogP contribution in [0.2, 0.25) is 0 Å². The monoisotopic (exact) mass is 306 g/mol. The van der Waals surface area contributed by atoms with Crippen LogP contribution in [0, 0.1) is 6.92 Å². The number of nitrogens with one attached hydrogen (secondary N) is 1. The molecule has 0 aliphatic heterocycles. The Morgan fingerprint density at radius 3 is 2.57 bits per heavy atom. The van der Waals surface area contributed by atoms with Crippen molar-refractivity contribution in [3.8, 4) is 11.5 Å². The first kappa shape index (κ1) is 15.0. The van der Waals surface area contributed by atoms with Gasteiger partial charge in [-0.2, -0.15) is 0 Å². The van der Waals surface area contributed by atoms with Crippen LogP contribution in [-0.4, -0.2) is 27.4 Å². The smallest absolute Gasteiger partial charge is 0.318 e. The van der Waals surface area contributed by atoms with Gasteiger partial charge >= 0.3 is 6.03 Å². The van der Waals surface area contributed by atoms with Gasteiger partial charge in [-0.15, -0.1) is 10.2 Å². The Kier molecular flexibility index (Phi) is 4.59. The van der Waals surface area contributed by atoms with Gasteiger partial charge in [-0.1, -0.05) is 29.5 Å². The lowest BCUT2D eigenvalue weighted by Gasteiger charge is -2.06. The third-order valence-electron chi connectivity index (χ3n) is 2.60. The number of nitrogens with zero attached hydrogens (tertiary/aromatic N) is 2. The van der Waals surface area contributed by atoms with E-state index in [2.05, 4.69) is 10.2 Å². The van der Waals surface area contributed by atoms with Crippen LogP contribution in [0.4, 0.5) is 4.79 Å². The van der Waals surface area contributed by atoms with Crippen molar-refractivity contribution in [2.45, 2.75) is 24.3 Å². The molecule has 0 fully saturated rings. The molecule has 0 bridgehead atoms. The number of benzene rings is 1. The Hall–Kier alpha value is -2.35. The van der Waals surface area contributed by atoms with E-state index in [1.165, 1.54) is 0 Å². The molecule has 1 heterocycles. The zero-order chi connectivity index (χ0) is 15.4. The number of hydrogen-bond acceptors (Lipinski definition) is 6. The van der Waals surface area contributed by atoms with Crippen LogP contribution in [0.1, 0.15) is 12.5 Å². The summed E-state index contributed by atoms with van der Waals surface area (Å²) in [5, 5.41) is 9.46. The largest absolute Gasteiger partial charge is 0.411 e. The second kappa shape index (κ2) is 6.40. The average Bonchev–Trinajstić information content (AvgIpc) is 2.87. The molecule has 1 aromatic heterocycles. The van der Waals surface area contributed by atoms with E-state index in [0.29, 0.717) is 5.89 Å². The summed E-state index contributed by atoms with van der Waals surface area (Å²) in [6.07, 6.45) is 0. The van der Waals surface area contributed by atoms with Crippen molar-refractivity contribution in [1.82, 2.24) is 15.5 Å². The standard InChI is InChI=1S/C13H14N4O3S/c1-7-3-5-9(6-4-7)11-16-17-13(20-11)21-8(2)10(18)15-12(14)19/h3-6,8H,1-2H3,(H3,14,15,18,19)/t8-/m0/s1. The maximum absolute atomic E-state index is 11.5. The van der Waals surface area contributed by atoms with Crippen LogP contribution in [0.3, 0.4) is 0 Å². The molecule has 1 aromatic carbocycles. The third kappa shape index (κ3) is 4.06. The lowest BCUT2D eigenvalue weighted by atomic mass is 10.1. The van der Waals surface area contributed by atoms with Crippen LogP contribution in [0.5, 0.6) is 0 Å². The Bertz CT molecular complexity index is 654. The number of thioether (sulfide) groups is 1. The van der Waals surface area contributed by atoms with Gasteiger partial charge in [0, 0.05) is 5.56 Å². The first-order chi connectivity index (χ1) is 9.95. The van der Waals surface area contributed by atoms with Crippen molar-refractivity contribution in [2.24, 2.45) is 5.73 Å². The predicted octanol–water partition coefficient (Wildman–Crippen LogP) is 1.72. The van der Waals surface area contributed by atoms with E-state index in [-0.39, 0.29) is 5.22 Å². The molecule has 3 amide bonds. The SMILES string of the molecule is Cc1ccc(-c2nnc(S[C@@H](C)C(=O)NC(N)=O)o2)cc1. The Labute approximate surface area is 125 Å². The van der Waals surface area contributed by atoms with Crippen molar-refractivity contribution in [2.75, 3.05) is 0 Å². The second-order valence-corrected chi connectivity index (χ2v) is 5.64. The third-order valence-corrected chi connectivity index (χ3v) is 3.53. The highest BCUT2D eigenvalue weighted by molar-refractivity contribution is 8.00. The molecule has 0 radical (unpaired) electrons. The highest BCUT2D eigenvalue weighted by Gasteiger charge is 2.19. The number of imide groups is 1. The van der Waals surface area contributed by atoms with Crippen molar-refractivity contribution >= 4 is 23.7 Å². The van der Waals surface area contributed by atoms with Crippen molar-refractivity contribution < 1.29 is 14.0 Å². The van der Waals surface area contributed by atoms with E-state index >= 15 is 0 Å². The summed E-state index contributed by atoms with van der Waals surface area (Å²) < 4.78 is 5.48. The number of urea groups is 1. The molecule has 0 saturated carbocycles. The van der Waals surface area contributed by atoms with Gasteiger partial charge in [0.1, 0.15) is 0 Å². The minimum atomic E-state index is -0.890. The minimum Gasteiger partial charge on any atom is -0.411 e. The molecule has 0 spiro atoms. The molecule has 110 valence electrons. The molecule has 7 nitrogen and oxygen atoms in total. The first-order valence-corrected chi connectivity index (χ1v) is 7.01. The number of primary amides is 1. The molecule has 3 N–H and O–H groups in total. The highest BCUT2D eigenvalue weighted by atomic mass is 32.2. The maximum atomic E-state index is 11.5. The number of amides is 3. The zero-order valence-electron chi connectivity index (χ0n) is 11.5. The summed E-state index contributed by atoms with van der Waals surface area (Å²) in [6, 6.07) is 6.74. The minimum absolute atomic E-state index is 0.248. The number of aromatic nitrogens is 2. The summed E-state index contributed by atoms with van der Waals surface area (Å²) >= 11 is 1.05. The Morgan fingerprint density at radius 1 is 1.29 bits per heavy atom. The molecule has 0 aliphatic rings. The molecular formula is C13H14N4O3S. The lowest BCUT2D eigenvalue weighted by molar-refractivity contribution is -0.119. The first-order valence-electron chi connectivity index (χ1n) is 6.13. The fourth-order valence-corrected chi connectivity index (χ4v) is 2.18. The summed E-state index contributed by atoms with van der Waals surface area (Å²) in [5.74, 6) is -0.136. The van der Waals surface area contributed by atoms with Gasteiger partial charge in [-0.25, -0.2) is 4.79 Å². The summed E-state index contributed by atoms with van der Waals surface area (Å²) in [7, 11) is 0. The van der Waals surface area contributed by atoms with E-state index in [1.807, 2.05) is 36.5 Å². The number of aryl methyl sites for hydroxylation is 1. The number of carbonyl (C=O) groups excluding carboxylic acids is 2. The van der Waals surface area contributed by atoms with Gasteiger partial charge in [0.15, 0.2) is 0 Å². The van der Waals surface area contributed by atoms with Crippen LogP contribution in [-0.2, 0) is 4.79 Å². The average molecular weight is 306 g/mol. The number of hydrogen-bond donors (Lipinski definition) is 2. The molecule has 0 unspecified atom stereocenters. The topological polar surface area (TPSA) is 111 Å². The molecular weight excluding hydrogens is 292 g/mol. The Balaban J connectivity index is 2.04. The van der Waals surface area contributed by atoms with E-state index in [9.17, 15) is 9.59 Å². The summed E-state index contributed by atoms with van der Waals surface area (Å²) in [4.78, 5) is 22.2. The fraction of sp³-hybridized carbons (Fsp3) is 0.231. The van der Waals surface area contributed by atoms with Crippen LogP contribution in [0.25, 0.3) is 11.5 Å².